The predicted octanol–water partition coefficient (Wildman–Crippen LogP) is 0.313. The number of piperidine rings is 1. The minimum Gasteiger partial charge on any atom is -0.328 e. The zero-order valence-corrected chi connectivity index (χ0v) is 7.57. The van der Waals surface area contributed by atoms with Crippen molar-refractivity contribution in [2.75, 3.05) is 26.2 Å². The Kier molecular flexibility index (Phi) is 4.56. The first-order valence-corrected chi connectivity index (χ1v) is 4.44. The fraction of sp³-hybridized carbons (Fsp3) is 0.750. The molecule has 1 aliphatic rings. The minimum atomic E-state index is -0.415. The number of carbonyl (C=O) groups is 1. The molecule has 75 valence electrons. The Labute approximate surface area is 77.7 Å². The maximum Gasteiger partial charge on any atom is 0.441 e. The molecule has 5 nitrogen and oxygen atoms in total. The van der Waals surface area contributed by atoms with E-state index in [1.54, 1.807) is 4.90 Å². The van der Waals surface area contributed by atoms with Crippen LogP contribution < -0.4 is 5.73 Å². The van der Waals surface area contributed by atoms with Crippen LogP contribution in [0.1, 0.15) is 12.8 Å². The van der Waals surface area contributed by atoms with Crippen molar-refractivity contribution in [3.63, 3.8) is 0 Å². The highest BCUT2D eigenvalue weighted by atomic mass is 17.2. The molecule has 1 amide bonds. The first-order chi connectivity index (χ1) is 6.34. The Hall–Kier alpha value is -0.810. The SMILES string of the molecule is NCCOOC(=O)N1CC[CH]CC1. The molecule has 0 spiro atoms. The van der Waals surface area contributed by atoms with Crippen molar-refractivity contribution in [1.29, 1.82) is 0 Å². The van der Waals surface area contributed by atoms with E-state index in [2.05, 4.69) is 16.2 Å². The molecule has 5 heteroatoms. The van der Waals surface area contributed by atoms with Gasteiger partial charge in [0.2, 0.25) is 0 Å². The average Bonchev–Trinajstić information content (AvgIpc) is 2.19. The third-order valence-electron chi connectivity index (χ3n) is 1.80. The quantitative estimate of drug-likeness (QED) is 0.392. The molecule has 1 fully saturated rings. The number of nitrogens with two attached hydrogens (primary N) is 1. The van der Waals surface area contributed by atoms with Crippen molar-refractivity contribution in [3.05, 3.63) is 6.42 Å². The lowest BCUT2D eigenvalue weighted by molar-refractivity contribution is -0.243. The smallest absolute Gasteiger partial charge is 0.328 e. The average molecular weight is 187 g/mol. The zero-order chi connectivity index (χ0) is 9.52. The van der Waals surface area contributed by atoms with E-state index in [9.17, 15) is 4.79 Å². The molecule has 0 saturated carbocycles. The molecule has 0 unspecified atom stereocenters. The summed E-state index contributed by atoms with van der Waals surface area (Å²) in [5, 5.41) is 0. The number of likely N-dealkylation sites (tertiary alicyclic amines) is 1. The standard InChI is InChI=1S/C8H15N2O3/c9-4-7-12-13-8(11)10-5-2-1-3-6-10/h1H,2-7,9H2. The van der Waals surface area contributed by atoms with Gasteiger partial charge in [-0.2, -0.15) is 4.89 Å². The summed E-state index contributed by atoms with van der Waals surface area (Å²) in [6, 6.07) is 0. The van der Waals surface area contributed by atoms with Crippen LogP contribution in [0.5, 0.6) is 0 Å². The summed E-state index contributed by atoms with van der Waals surface area (Å²) in [4.78, 5) is 21.9. The van der Waals surface area contributed by atoms with Crippen LogP contribution in [0.2, 0.25) is 0 Å². The summed E-state index contributed by atoms with van der Waals surface area (Å²) in [5.41, 5.74) is 5.16. The van der Waals surface area contributed by atoms with Crippen molar-refractivity contribution in [3.8, 4) is 0 Å². The predicted molar refractivity (Wildman–Crippen MR) is 46.6 cm³/mol. The molecule has 0 bridgehead atoms. The molecular formula is C8H15N2O3. The van der Waals surface area contributed by atoms with Gasteiger partial charge in [-0.15, -0.1) is 0 Å². The molecule has 0 aliphatic carbocycles. The first kappa shape index (κ1) is 10.3. The van der Waals surface area contributed by atoms with Gasteiger partial charge in [0.25, 0.3) is 0 Å². The van der Waals surface area contributed by atoms with E-state index in [0.717, 1.165) is 12.8 Å². The molecule has 13 heavy (non-hydrogen) atoms. The van der Waals surface area contributed by atoms with E-state index >= 15 is 0 Å². The molecule has 0 aromatic carbocycles. The third-order valence-corrected chi connectivity index (χ3v) is 1.80. The molecule has 2 N–H and O–H groups in total. The molecule has 1 heterocycles. The summed E-state index contributed by atoms with van der Waals surface area (Å²) in [5.74, 6) is 0. The second kappa shape index (κ2) is 5.77. The highest BCUT2D eigenvalue weighted by Gasteiger charge is 2.18. The second-order valence-corrected chi connectivity index (χ2v) is 2.81. The van der Waals surface area contributed by atoms with Gasteiger partial charge in [-0.05, 0) is 19.3 Å². The molecule has 1 radical (unpaired) electrons. The topological polar surface area (TPSA) is 64.8 Å². The normalized spacial score (nSPS) is 17.2. The van der Waals surface area contributed by atoms with E-state index in [1.165, 1.54) is 0 Å². The second-order valence-electron chi connectivity index (χ2n) is 2.81. The summed E-state index contributed by atoms with van der Waals surface area (Å²) < 4.78 is 0. The highest BCUT2D eigenvalue weighted by molar-refractivity contribution is 5.67. The Morgan fingerprint density at radius 1 is 1.46 bits per heavy atom. The molecule has 0 aromatic heterocycles. The van der Waals surface area contributed by atoms with Crippen LogP contribution in [0, 0.1) is 6.42 Å². The summed E-state index contributed by atoms with van der Waals surface area (Å²) in [6.07, 6.45) is 3.59. The Morgan fingerprint density at radius 3 is 2.77 bits per heavy atom. The van der Waals surface area contributed by atoms with E-state index < -0.39 is 6.09 Å². The van der Waals surface area contributed by atoms with Crippen LogP contribution in [-0.2, 0) is 9.78 Å². The monoisotopic (exact) mass is 187 g/mol. The van der Waals surface area contributed by atoms with Crippen LogP contribution in [0.3, 0.4) is 0 Å². The van der Waals surface area contributed by atoms with Gasteiger partial charge in [0.05, 0.1) is 0 Å². The number of nitrogens with zero attached hydrogens (tertiary/aromatic N) is 1. The van der Waals surface area contributed by atoms with Crippen LogP contribution in [-0.4, -0.2) is 37.2 Å². The Morgan fingerprint density at radius 2 is 2.15 bits per heavy atom. The highest BCUT2D eigenvalue weighted by Crippen LogP contribution is 2.08. The molecule has 0 atom stereocenters. The van der Waals surface area contributed by atoms with Crippen LogP contribution in [0.4, 0.5) is 4.79 Å². The molecule has 1 rings (SSSR count). The van der Waals surface area contributed by atoms with Gasteiger partial charge < -0.3 is 10.6 Å². The van der Waals surface area contributed by atoms with Gasteiger partial charge in [0.1, 0.15) is 6.61 Å². The maximum absolute atomic E-state index is 11.2. The van der Waals surface area contributed by atoms with E-state index in [4.69, 9.17) is 5.73 Å². The van der Waals surface area contributed by atoms with Gasteiger partial charge in [-0.1, -0.05) is 0 Å². The van der Waals surface area contributed by atoms with Gasteiger partial charge in [-0.3, -0.25) is 4.89 Å². The Bertz CT molecular complexity index is 157. The maximum atomic E-state index is 11.2. The lowest BCUT2D eigenvalue weighted by Crippen LogP contribution is -2.36. The van der Waals surface area contributed by atoms with Gasteiger partial charge in [0, 0.05) is 19.6 Å². The molecule has 0 aromatic rings. The van der Waals surface area contributed by atoms with Crippen LogP contribution in [0.25, 0.3) is 0 Å². The Balaban J connectivity index is 2.13. The van der Waals surface area contributed by atoms with E-state index in [-0.39, 0.29) is 6.61 Å². The fourth-order valence-corrected chi connectivity index (χ4v) is 1.13. The minimum absolute atomic E-state index is 0.242. The van der Waals surface area contributed by atoms with Crippen molar-refractivity contribution >= 4 is 6.09 Å². The third kappa shape index (κ3) is 3.61. The van der Waals surface area contributed by atoms with E-state index in [0.29, 0.717) is 19.6 Å². The van der Waals surface area contributed by atoms with E-state index in [1.807, 2.05) is 0 Å². The van der Waals surface area contributed by atoms with Crippen molar-refractivity contribution in [1.82, 2.24) is 4.90 Å². The zero-order valence-electron chi connectivity index (χ0n) is 7.57. The largest absolute Gasteiger partial charge is 0.441 e. The first-order valence-electron chi connectivity index (χ1n) is 4.44. The fourth-order valence-electron chi connectivity index (χ4n) is 1.13. The number of hydrogen-bond donors (Lipinski definition) is 1. The van der Waals surface area contributed by atoms with Crippen molar-refractivity contribution < 1.29 is 14.6 Å². The number of rotatable bonds is 3. The number of carbonyl (C=O) groups excluding carboxylic acids is 1. The van der Waals surface area contributed by atoms with Gasteiger partial charge in [-0.25, -0.2) is 4.79 Å². The number of hydrogen-bond acceptors (Lipinski definition) is 4. The van der Waals surface area contributed by atoms with Gasteiger partial charge >= 0.3 is 6.09 Å². The molecule has 1 saturated heterocycles. The number of amides is 1. The molecular weight excluding hydrogens is 172 g/mol. The van der Waals surface area contributed by atoms with Crippen LogP contribution >= 0.6 is 0 Å². The van der Waals surface area contributed by atoms with Crippen molar-refractivity contribution in [2.24, 2.45) is 5.73 Å². The van der Waals surface area contributed by atoms with Crippen molar-refractivity contribution in [2.45, 2.75) is 12.8 Å². The van der Waals surface area contributed by atoms with Crippen LogP contribution in [0.15, 0.2) is 0 Å². The molecule has 1 aliphatic heterocycles. The van der Waals surface area contributed by atoms with Gasteiger partial charge in [0.15, 0.2) is 0 Å². The lowest BCUT2D eigenvalue weighted by Gasteiger charge is -2.24. The summed E-state index contributed by atoms with van der Waals surface area (Å²) in [6.45, 7) is 2.02. The summed E-state index contributed by atoms with van der Waals surface area (Å²) in [7, 11) is 0. The lowest BCUT2D eigenvalue weighted by atomic mass is 10.1. The summed E-state index contributed by atoms with van der Waals surface area (Å²) >= 11 is 0.